The second kappa shape index (κ2) is 5.32. The van der Waals surface area contributed by atoms with Crippen molar-refractivity contribution in [3.63, 3.8) is 0 Å². The molecule has 0 aliphatic carbocycles. The van der Waals surface area contributed by atoms with Crippen LogP contribution in [0.5, 0.6) is 0 Å². The molecule has 0 saturated heterocycles. The Kier molecular flexibility index (Phi) is 4.35. The number of hydrogen-bond donors (Lipinski definition) is 2. The van der Waals surface area contributed by atoms with E-state index in [1.54, 1.807) is 12.3 Å². The van der Waals surface area contributed by atoms with Crippen LogP contribution in [-0.4, -0.2) is 17.1 Å². The van der Waals surface area contributed by atoms with Gasteiger partial charge in [0.2, 0.25) is 0 Å². The van der Waals surface area contributed by atoms with Gasteiger partial charge in [-0.3, -0.25) is 10.1 Å². The molecule has 0 saturated carbocycles. The van der Waals surface area contributed by atoms with E-state index in [9.17, 15) is 4.79 Å². The lowest BCUT2D eigenvalue weighted by Crippen LogP contribution is -2.40. The number of carboxylic acid groups (broad SMARTS) is 1. The quantitative estimate of drug-likeness (QED) is 0.865. The fraction of sp³-hybridized carbons (Fsp3) is 0.500. The van der Waals surface area contributed by atoms with Crippen molar-refractivity contribution < 1.29 is 14.3 Å². The van der Waals surface area contributed by atoms with Crippen molar-refractivity contribution in [2.45, 2.75) is 26.4 Å². The molecule has 0 aliphatic heterocycles. The van der Waals surface area contributed by atoms with Crippen LogP contribution in [0.1, 0.15) is 19.6 Å². The zero-order valence-corrected chi connectivity index (χ0v) is 10.2. The minimum absolute atomic E-state index is 0.0382. The Morgan fingerprint density at radius 1 is 1.67 bits per heavy atom. The topological polar surface area (TPSA) is 62.5 Å². The number of aliphatic carboxylic acids is 1. The lowest BCUT2D eigenvalue weighted by atomic mass is 10.1. The van der Waals surface area contributed by atoms with Crippen LogP contribution in [0.2, 0.25) is 0 Å². The van der Waals surface area contributed by atoms with Crippen LogP contribution in [0.3, 0.4) is 0 Å². The van der Waals surface area contributed by atoms with Crippen molar-refractivity contribution >= 4 is 21.9 Å². The van der Waals surface area contributed by atoms with Gasteiger partial charge in [0.25, 0.3) is 0 Å². The molecule has 0 radical (unpaired) electrons. The highest BCUT2D eigenvalue weighted by atomic mass is 79.9. The zero-order valence-electron chi connectivity index (χ0n) is 8.66. The van der Waals surface area contributed by atoms with Crippen molar-refractivity contribution in [1.82, 2.24) is 5.32 Å². The van der Waals surface area contributed by atoms with Crippen molar-refractivity contribution in [2.24, 2.45) is 5.92 Å². The van der Waals surface area contributed by atoms with E-state index in [2.05, 4.69) is 21.2 Å². The molecule has 1 aromatic rings. The zero-order chi connectivity index (χ0) is 11.4. The first kappa shape index (κ1) is 12.3. The van der Waals surface area contributed by atoms with E-state index in [0.717, 1.165) is 4.47 Å². The number of nitrogens with one attached hydrogen (secondary N) is 1. The number of furan rings is 1. The molecule has 2 N–H and O–H groups in total. The molecule has 0 spiro atoms. The maximum Gasteiger partial charge on any atom is 0.320 e. The summed E-state index contributed by atoms with van der Waals surface area (Å²) in [6.07, 6.45) is 1.56. The Morgan fingerprint density at radius 3 is 2.73 bits per heavy atom. The third-order valence-corrected chi connectivity index (χ3v) is 2.81. The fourth-order valence-electron chi connectivity index (χ4n) is 1.26. The van der Waals surface area contributed by atoms with Gasteiger partial charge in [0, 0.05) is 0 Å². The van der Waals surface area contributed by atoms with Crippen LogP contribution in [0.4, 0.5) is 0 Å². The van der Waals surface area contributed by atoms with Crippen molar-refractivity contribution in [2.75, 3.05) is 0 Å². The highest BCUT2D eigenvalue weighted by Crippen LogP contribution is 2.17. The highest BCUT2D eigenvalue weighted by Gasteiger charge is 2.21. The van der Waals surface area contributed by atoms with E-state index in [4.69, 9.17) is 9.52 Å². The van der Waals surface area contributed by atoms with E-state index in [1.165, 1.54) is 0 Å². The van der Waals surface area contributed by atoms with E-state index >= 15 is 0 Å². The van der Waals surface area contributed by atoms with Crippen molar-refractivity contribution in [3.05, 3.63) is 22.6 Å². The standard InChI is InChI=1S/C10H14BrNO3/c1-6(2)9(10(13)14)12-5-8-7(11)3-4-15-8/h3-4,6,9,12H,5H2,1-2H3,(H,13,14). The van der Waals surface area contributed by atoms with Gasteiger partial charge in [-0.05, 0) is 27.9 Å². The third kappa shape index (κ3) is 3.35. The number of halogens is 1. The first-order valence-corrected chi connectivity index (χ1v) is 5.49. The van der Waals surface area contributed by atoms with Gasteiger partial charge in [0.05, 0.1) is 17.3 Å². The van der Waals surface area contributed by atoms with Gasteiger partial charge in [-0.2, -0.15) is 0 Å². The monoisotopic (exact) mass is 275 g/mol. The van der Waals surface area contributed by atoms with Gasteiger partial charge in [-0.25, -0.2) is 0 Å². The molecular formula is C10H14BrNO3. The van der Waals surface area contributed by atoms with Gasteiger partial charge in [-0.15, -0.1) is 0 Å². The Morgan fingerprint density at radius 2 is 2.33 bits per heavy atom. The van der Waals surface area contributed by atoms with Crippen LogP contribution < -0.4 is 5.32 Å². The molecular weight excluding hydrogens is 262 g/mol. The second-order valence-electron chi connectivity index (χ2n) is 3.63. The van der Waals surface area contributed by atoms with Gasteiger partial charge < -0.3 is 9.52 Å². The summed E-state index contributed by atoms with van der Waals surface area (Å²) in [6.45, 7) is 4.13. The summed E-state index contributed by atoms with van der Waals surface area (Å²) in [5.74, 6) is -0.0918. The lowest BCUT2D eigenvalue weighted by Gasteiger charge is -2.17. The maximum absolute atomic E-state index is 10.9. The van der Waals surface area contributed by atoms with Crippen molar-refractivity contribution in [1.29, 1.82) is 0 Å². The summed E-state index contributed by atoms with van der Waals surface area (Å²) in [4.78, 5) is 10.9. The predicted octanol–water partition coefficient (Wildman–Crippen LogP) is 2.24. The minimum Gasteiger partial charge on any atom is -0.480 e. The van der Waals surface area contributed by atoms with E-state index in [0.29, 0.717) is 12.3 Å². The fourth-order valence-corrected chi connectivity index (χ4v) is 1.60. The first-order valence-electron chi connectivity index (χ1n) is 4.70. The SMILES string of the molecule is CC(C)C(NCc1occc1Br)C(=O)O. The number of hydrogen-bond acceptors (Lipinski definition) is 3. The van der Waals surface area contributed by atoms with Crippen LogP contribution in [0.15, 0.2) is 21.2 Å². The van der Waals surface area contributed by atoms with Gasteiger partial charge >= 0.3 is 5.97 Å². The lowest BCUT2D eigenvalue weighted by molar-refractivity contribution is -0.140. The van der Waals surface area contributed by atoms with Gasteiger partial charge in [0.15, 0.2) is 0 Å². The second-order valence-corrected chi connectivity index (χ2v) is 4.49. The average Bonchev–Trinajstić information content (AvgIpc) is 2.51. The molecule has 84 valence electrons. The van der Waals surface area contributed by atoms with Crippen LogP contribution in [0, 0.1) is 5.92 Å². The molecule has 0 bridgehead atoms. The summed E-state index contributed by atoms with van der Waals surface area (Å²) >= 11 is 3.31. The molecule has 5 heteroatoms. The van der Waals surface area contributed by atoms with E-state index < -0.39 is 12.0 Å². The molecule has 0 fully saturated rings. The molecule has 1 heterocycles. The largest absolute Gasteiger partial charge is 0.480 e. The molecule has 15 heavy (non-hydrogen) atoms. The third-order valence-electron chi connectivity index (χ3n) is 2.11. The molecule has 0 aromatic carbocycles. The summed E-state index contributed by atoms with van der Waals surface area (Å²) < 4.78 is 6.02. The molecule has 0 amide bonds. The van der Waals surface area contributed by atoms with Crippen LogP contribution in [0.25, 0.3) is 0 Å². The predicted molar refractivity (Wildman–Crippen MR) is 59.5 cm³/mol. The maximum atomic E-state index is 10.9. The van der Waals surface area contributed by atoms with Crippen LogP contribution >= 0.6 is 15.9 Å². The highest BCUT2D eigenvalue weighted by molar-refractivity contribution is 9.10. The minimum atomic E-state index is -0.840. The number of carbonyl (C=O) groups is 1. The van der Waals surface area contributed by atoms with Gasteiger partial charge in [0.1, 0.15) is 11.8 Å². The van der Waals surface area contributed by atoms with E-state index in [1.807, 2.05) is 13.8 Å². The summed E-state index contributed by atoms with van der Waals surface area (Å²) in [6, 6.07) is 1.23. The molecule has 1 rings (SSSR count). The smallest absolute Gasteiger partial charge is 0.320 e. The summed E-state index contributed by atoms with van der Waals surface area (Å²) in [5.41, 5.74) is 0. The summed E-state index contributed by atoms with van der Waals surface area (Å²) in [7, 11) is 0. The normalized spacial score (nSPS) is 13.1. The molecule has 1 unspecified atom stereocenters. The Balaban J connectivity index is 2.55. The Bertz CT molecular complexity index is 335. The number of carboxylic acids is 1. The Labute approximate surface area is 96.8 Å². The average molecular weight is 276 g/mol. The first-order chi connectivity index (χ1) is 7.02. The van der Waals surface area contributed by atoms with Crippen LogP contribution in [-0.2, 0) is 11.3 Å². The molecule has 1 aromatic heterocycles. The van der Waals surface area contributed by atoms with Crippen molar-refractivity contribution in [3.8, 4) is 0 Å². The summed E-state index contributed by atoms with van der Waals surface area (Å²) in [5, 5.41) is 11.9. The molecule has 1 atom stereocenters. The van der Waals surface area contributed by atoms with Gasteiger partial charge in [-0.1, -0.05) is 13.8 Å². The number of rotatable bonds is 5. The van der Waals surface area contributed by atoms with E-state index in [-0.39, 0.29) is 5.92 Å². The molecule has 0 aliphatic rings. The molecule has 4 nitrogen and oxygen atoms in total. The Hall–Kier alpha value is -0.810.